The van der Waals surface area contributed by atoms with E-state index in [1.807, 2.05) is 32.0 Å². The maximum atomic E-state index is 12.7. The Kier molecular flexibility index (Phi) is 4.23. The molecule has 2 amide bonds. The summed E-state index contributed by atoms with van der Waals surface area (Å²) >= 11 is 0. The molecule has 1 heterocycles. The highest BCUT2D eigenvalue weighted by molar-refractivity contribution is 6.04. The van der Waals surface area contributed by atoms with E-state index in [0.717, 1.165) is 11.1 Å². The summed E-state index contributed by atoms with van der Waals surface area (Å²) in [5.41, 5.74) is 2.56. The lowest BCUT2D eigenvalue weighted by Gasteiger charge is -2.35. The van der Waals surface area contributed by atoms with Crippen molar-refractivity contribution in [2.24, 2.45) is 0 Å². The molecule has 1 fully saturated rings. The summed E-state index contributed by atoms with van der Waals surface area (Å²) in [4.78, 5) is 37.6. The van der Waals surface area contributed by atoms with Gasteiger partial charge in [0.1, 0.15) is 0 Å². The first-order valence-electron chi connectivity index (χ1n) is 7.02. The Morgan fingerprint density at radius 3 is 2.67 bits per heavy atom. The predicted octanol–water partition coefficient (Wildman–Crippen LogP) is 1.22. The number of imide groups is 1. The van der Waals surface area contributed by atoms with Crippen molar-refractivity contribution >= 4 is 17.6 Å². The smallest absolute Gasteiger partial charge is 0.243 e. The highest BCUT2D eigenvalue weighted by Gasteiger charge is 2.36. The van der Waals surface area contributed by atoms with Crippen molar-refractivity contribution in [3.8, 4) is 0 Å². The number of aryl methyl sites for hydroxylation is 2. The van der Waals surface area contributed by atoms with Crippen LogP contribution in [0.1, 0.15) is 35.3 Å². The summed E-state index contributed by atoms with van der Waals surface area (Å²) in [7, 11) is 0. The van der Waals surface area contributed by atoms with Gasteiger partial charge in [0.15, 0.2) is 5.78 Å². The van der Waals surface area contributed by atoms with Crippen LogP contribution in [0.15, 0.2) is 18.2 Å². The number of hydrogen-bond acceptors (Lipinski definition) is 4. The monoisotopic (exact) mass is 288 g/mol. The number of piperazine rings is 1. The van der Waals surface area contributed by atoms with Gasteiger partial charge in [-0.1, -0.05) is 17.7 Å². The summed E-state index contributed by atoms with van der Waals surface area (Å²) < 4.78 is 0. The first kappa shape index (κ1) is 15.4. The minimum Gasteiger partial charge on any atom is -0.294 e. The zero-order chi connectivity index (χ0) is 15.7. The lowest BCUT2D eigenvalue weighted by Crippen LogP contribution is -2.60. The molecule has 1 aromatic rings. The number of nitrogens with one attached hydrogen (secondary N) is 1. The Morgan fingerprint density at radius 2 is 2.00 bits per heavy atom. The van der Waals surface area contributed by atoms with Crippen molar-refractivity contribution in [2.45, 2.75) is 39.8 Å². The number of hydrogen-bond donors (Lipinski definition) is 1. The molecule has 1 aliphatic rings. The molecule has 1 aliphatic heterocycles. The van der Waals surface area contributed by atoms with Crippen molar-refractivity contribution in [1.29, 1.82) is 0 Å². The molecule has 112 valence electrons. The fraction of sp³-hybridized carbons (Fsp3) is 0.438. The van der Waals surface area contributed by atoms with Gasteiger partial charge >= 0.3 is 0 Å². The third-order valence-electron chi connectivity index (χ3n) is 4.00. The fourth-order valence-electron chi connectivity index (χ4n) is 2.58. The maximum Gasteiger partial charge on any atom is 0.243 e. The molecule has 0 saturated carbocycles. The average molecular weight is 288 g/mol. The molecule has 2 atom stereocenters. The van der Waals surface area contributed by atoms with Crippen LogP contribution >= 0.6 is 0 Å². The molecule has 2 unspecified atom stereocenters. The Bertz CT molecular complexity index is 610. The Labute approximate surface area is 124 Å². The van der Waals surface area contributed by atoms with Crippen LogP contribution in [0.3, 0.4) is 0 Å². The first-order valence-corrected chi connectivity index (χ1v) is 7.02. The molecule has 21 heavy (non-hydrogen) atoms. The molecule has 0 aromatic heterocycles. The van der Waals surface area contributed by atoms with E-state index in [-0.39, 0.29) is 24.1 Å². The number of amides is 2. The van der Waals surface area contributed by atoms with E-state index in [2.05, 4.69) is 5.32 Å². The van der Waals surface area contributed by atoms with Crippen LogP contribution in [-0.4, -0.2) is 41.1 Å². The Morgan fingerprint density at radius 1 is 1.33 bits per heavy atom. The summed E-state index contributed by atoms with van der Waals surface area (Å²) in [6.07, 6.45) is 0. The SMILES string of the molecule is Cc1ccc(C)c(C(=O)C(C)N2CC(=O)NC(=O)C2C)c1. The quantitative estimate of drug-likeness (QED) is 0.671. The standard InChI is InChI=1S/C16H20N2O3/c1-9-5-6-10(2)13(7-9)15(20)11(3)18-8-14(19)17-16(21)12(18)4/h5-7,11-12H,8H2,1-4H3,(H,17,19,21). The zero-order valence-corrected chi connectivity index (χ0v) is 12.8. The van der Waals surface area contributed by atoms with E-state index in [1.165, 1.54) is 0 Å². The molecule has 1 N–H and O–H groups in total. The van der Waals surface area contributed by atoms with Crippen molar-refractivity contribution in [1.82, 2.24) is 10.2 Å². The topological polar surface area (TPSA) is 66.5 Å². The third kappa shape index (κ3) is 3.03. The van der Waals surface area contributed by atoms with Gasteiger partial charge in [0, 0.05) is 5.56 Å². The van der Waals surface area contributed by atoms with E-state index < -0.39 is 12.1 Å². The number of carbonyl (C=O) groups is 3. The van der Waals surface area contributed by atoms with Gasteiger partial charge < -0.3 is 0 Å². The Balaban J connectivity index is 2.28. The van der Waals surface area contributed by atoms with Gasteiger partial charge in [0.2, 0.25) is 11.8 Å². The number of ketones is 1. The summed E-state index contributed by atoms with van der Waals surface area (Å²) in [6, 6.07) is 4.71. The van der Waals surface area contributed by atoms with Gasteiger partial charge in [0.05, 0.1) is 18.6 Å². The molecule has 0 radical (unpaired) electrons. The van der Waals surface area contributed by atoms with Crippen LogP contribution in [0.2, 0.25) is 0 Å². The number of Topliss-reactive ketones (excluding diaryl/α,β-unsaturated/α-hetero) is 1. The fourth-order valence-corrected chi connectivity index (χ4v) is 2.58. The minimum absolute atomic E-state index is 0.0602. The minimum atomic E-state index is -0.518. The third-order valence-corrected chi connectivity index (χ3v) is 4.00. The molecule has 0 aliphatic carbocycles. The van der Waals surface area contributed by atoms with Crippen LogP contribution in [0, 0.1) is 13.8 Å². The van der Waals surface area contributed by atoms with Gasteiger partial charge in [-0.15, -0.1) is 0 Å². The molecule has 1 aromatic carbocycles. The first-order chi connectivity index (χ1) is 9.81. The van der Waals surface area contributed by atoms with Gasteiger partial charge in [-0.2, -0.15) is 0 Å². The number of rotatable bonds is 3. The molecule has 0 bridgehead atoms. The van der Waals surface area contributed by atoms with E-state index in [0.29, 0.717) is 5.56 Å². The van der Waals surface area contributed by atoms with Crippen molar-refractivity contribution < 1.29 is 14.4 Å². The van der Waals surface area contributed by atoms with Crippen LogP contribution < -0.4 is 5.32 Å². The highest BCUT2D eigenvalue weighted by Crippen LogP contribution is 2.18. The Hall–Kier alpha value is -2.01. The molecular formula is C16H20N2O3. The second kappa shape index (κ2) is 5.77. The lowest BCUT2D eigenvalue weighted by molar-refractivity contribution is -0.140. The van der Waals surface area contributed by atoms with Gasteiger partial charge in [0.25, 0.3) is 0 Å². The lowest BCUT2D eigenvalue weighted by atomic mass is 9.96. The van der Waals surface area contributed by atoms with Crippen LogP contribution in [-0.2, 0) is 9.59 Å². The second-order valence-electron chi connectivity index (χ2n) is 5.62. The number of carbonyl (C=O) groups excluding carboxylic acids is 3. The predicted molar refractivity (Wildman–Crippen MR) is 79.0 cm³/mol. The number of nitrogens with zero attached hydrogens (tertiary/aromatic N) is 1. The number of benzene rings is 1. The van der Waals surface area contributed by atoms with Gasteiger partial charge in [-0.3, -0.25) is 24.6 Å². The largest absolute Gasteiger partial charge is 0.294 e. The van der Waals surface area contributed by atoms with Gasteiger partial charge in [-0.05, 0) is 39.3 Å². The van der Waals surface area contributed by atoms with E-state index in [9.17, 15) is 14.4 Å². The van der Waals surface area contributed by atoms with E-state index in [4.69, 9.17) is 0 Å². The second-order valence-corrected chi connectivity index (χ2v) is 5.62. The van der Waals surface area contributed by atoms with Crippen LogP contribution in [0.5, 0.6) is 0 Å². The van der Waals surface area contributed by atoms with Crippen molar-refractivity contribution in [2.75, 3.05) is 6.54 Å². The molecule has 5 heteroatoms. The molecule has 2 rings (SSSR count). The molecule has 0 spiro atoms. The van der Waals surface area contributed by atoms with E-state index in [1.54, 1.807) is 18.7 Å². The average Bonchev–Trinajstić information content (AvgIpc) is 2.44. The van der Waals surface area contributed by atoms with Gasteiger partial charge in [-0.25, -0.2) is 0 Å². The summed E-state index contributed by atoms with van der Waals surface area (Å²) in [6.45, 7) is 7.32. The molecule has 5 nitrogen and oxygen atoms in total. The summed E-state index contributed by atoms with van der Waals surface area (Å²) in [5.74, 6) is -0.781. The molecule has 1 saturated heterocycles. The normalized spacial score (nSPS) is 21.0. The van der Waals surface area contributed by atoms with Crippen LogP contribution in [0.25, 0.3) is 0 Å². The van der Waals surface area contributed by atoms with Crippen molar-refractivity contribution in [3.63, 3.8) is 0 Å². The highest BCUT2D eigenvalue weighted by atomic mass is 16.2. The van der Waals surface area contributed by atoms with E-state index >= 15 is 0 Å². The maximum absolute atomic E-state index is 12.7. The van der Waals surface area contributed by atoms with Crippen molar-refractivity contribution in [3.05, 3.63) is 34.9 Å². The van der Waals surface area contributed by atoms with Crippen LogP contribution in [0.4, 0.5) is 0 Å². The summed E-state index contributed by atoms with van der Waals surface area (Å²) in [5, 5.41) is 2.28. The zero-order valence-electron chi connectivity index (χ0n) is 12.8. The molecular weight excluding hydrogens is 268 g/mol.